The third-order valence-electron chi connectivity index (χ3n) is 3.11. The molecule has 8 heteroatoms. The highest BCUT2D eigenvalue weighted by atomic mass is 32.2. The van der Waals surface area contributed by atoms with Gasteiger partial charge in [-0.3, -0.25) is 4.79 Å². The molecule has 1 amide bonds. The maximum Gasteiger partial charge on any atom is 0.251 e. The van der Waals surface area contributed by atoms with Crippen LogP contribution in [0.2, 0.25) is 0 Å². The van der Waals surface area contributed by atoms with E-state index in [0.717, 1.165) is 11.5 Å². The summed E-state index contributed by atoms with van der Waals surface area (Å²) >= 11 is 3.45. The number of amides is 1. The number of carbonyl (C=O) groups is 1. The van der Waals surface area contributed by atoms with Crippen molar-refractivity contribution in [2.45, 2.75) is 17.6 Å². The smallest absolute Gasteiger partial charge is 0.251 e. The Morgan fingerprint density at radius 3 is 2.78 bits per heavy atom. The van der Waals surface area contributed by atoms with Gasteiger partial charge in [0, 0.05) is 28.5 Å². The number of nitrogens with two attached hydrogens (primary N) is 1. The maximum atomic E-state index is 12.1. The van der Waals surface area contributed by atoms with Crippen LogP contribution in [0, 0.1) is 6.92 Å². The lowest BCUT2D eigenvalue weighted by Gasteiger charge is -2.08. The molecule has 3 N–H and O–H groups in total. The minimum absolute atomic E-state index is 0.0165. The zero-order valence-corrected chi connectivity index (χ0v) is 15.1. The van der Waals surface area contributed by atoms with Gasteiger partial charge in [0.15, 0.2) is 0 Å². The highest BCUT2D eigenvalue weighted by Gasteiger charge is 2.14. The molecular formula is C15H18N2O3S3. The van der Waals surface area contributed by atoms with Crippen molar-refractivity contribution in [2.75, 3.05) is 12.3 Å². The molecule has 0 aliphatic heterocycles. The standard InChI is InChI=1S/C15H18N2O3S3/c1-11-4-5-12(9-14(11)23(16,19)20)15(18)17-6-8-21-10-13-3-2-7-22-13/h2-5,7,9H,6,8,10H2,1H3,(H,17,18)(H2,16,19,20). The number of sulfonamides is 1. The molecule has 0 spiro atoms. The summed E-state index contributed by atoms with van der Waals surface area (Å²) in [6.45, 7) is 2.16. The van der Waals surface area contributed by atoms with Gasteiger partial charge in [0.25, 0.3) is 5.91 Å². The van der Waals surface area contributed by atoms with E-state index in [1.807, 2.05) is 11.4 Å². The summed E-state index contributed by atoms with van der Waals surface area (Å²) in [5, 5.41) is 9.98. The van der Waals surface area contributed by atoms with E-state index in [-0.39, 0.29) is 10.8 Å². The quantitative estimate of drug-likeness (QED) is 0.732. The lowest BCUT2D eigenvalue weighted by atomic mass is 10.1. The van der Waals surface area contributed by atoms with Crippen molar-refractivity contribution in [1.29, 1.82) is 0 Å². The summed E-state index contributed by atoms with van der Waals surface area (Å²) in [5.41, 5.74) is 0.818. The number of thiophene rings is 1. The van der Waals surface area contributed by atoms with Gasteiger partial charge in [-0.15, -0.1) is 11.3 Å². The van der Waals surface area contributed by atoms with Gasteiger partial charge >= 0.3 is 0 Å². The van der Waals surface area contributed by atoms with Crippen LogP contribution in [0.1, 0.15) is 20.8 Å². The summed E-state index contributed by atoms with van der Waals surface area (Å²) in [6.07, 6.45) is 0. The molecule has 0 saturated carbocycles. The summed E-state index contributed by atoms with van der Waals surface area (Å²) in [7, 11) is -3.83. The Morgan fingerprint density at radius 2 is 2.13 bits per heavy atom. The second-order valence-corrected chi connectivity index (χ2v) is 8.58. The molecule has 124 valence electrons. The van der Waals surface area contributed by atoms with Gasteiger partial charge in [-0.2, -0.15) is 11.8 Å². The maximum absolute atomic E-state index is 12.1. The molecule has 0 aliphatic rings. The van der Waals surface area contributed by atoms with Crippen molar-refractivity contribution >= 4 is 39.0 Å². The van der Waals surface area contributed by atoms with E-state index < -0.39 is 10.0 Å². The predicted octanol–water partition coefficient (Wildman–Crippen LogP) is 2.37. The number of benzene rings is 1. The summed E-state index contributed by atoms with van der Waals surface area (Å²) in [4.78, 5) is 13.4. The van der Waals surface area contributed by atoms with Gasteiger partial charge < -0.3 is 5.32 Å². The topological polar surface area (TPSA) is 89.3 Å². The van der Waals surface area contributed by atoms with Gasteiger partial charge in [-0.25, -0.2) is 13.6 Å². The van der Waals surface area contributed by atoms with Gasteiger partial charge in [0.1, 0.15) is 0 Å². The largest absolute Gasteiger partial charge is 0.351 e. The molecule has 0 aliphatic carbocycles. The number of carbonyl (C=O) groups excluding carboxylic acids is 1. The number of hydrogen-bond acceptors (Lipinski definition) is 5. The third-order valence-corrected chi connectivity index (χ3v) is 6.23. The number of primary sulfonamides is 1. The van der Waals surface area contributed by atoms with Gasteiger partial charge in [-0.05, 0) is 36.1 Å². The summed E-state index contributed by atoms with van der Waals surface area (Å²) < 4.78 is 23.0. The minimum atomic E-state index is -3.83. The molecular weight excluding hydrogens is 352 g/mol. The molecule has 0 atom stereocenters. The Labute approximate surface area is 144 Å². The monoisotopic (exact) mass is 370 g/mol. The molecule has 0 unspecified atom stereocenters. The number of rotatable bonds is 7. The highest BCUT2D eigenvalue weighted by Crippen LogP contribution is 2.17. The summed E-state index contributed by atoms with van der Waals surface area (Å²) in [5.74, 6) is 1.41. The number of hydrogen-bond donors (Lipinski definition) is 2. The Balaban J connectivity index is 1.86. The Hall–Kier alpha value is -1.35. The Bertz CT molecular complexity index is 771. The zero-order chi connectivity index (χ0) is 16.9. The van der Waals surface area contributed by atoms with E-state index in [1.54, 1.807) is 42.2 Å². The third kappa shape index (κ3) is 5.35. The van der Waals surface area contributed by atoms with Crippen molar-refractivity contribution in [1.82, 2.24) is 5.32 Å². The van der Waals surface area contributed by atoms with E-state index in [2.05, 4.69) is 11.4 Å². The number of thioether (sulfide) groups is 1. The first kappa shape index (κ1) is 18.0. The van der Waals surface area contributed by atoms with Crippen molar-refractivity contribution in [2.24, 2.45) is 5.14 Å². The van der Waals surface area contributed by atoms with Crippen molar-refractivity contribution < 1.29 is 13.2 Å². The highest BCUT2D eigenvalue weighted by molar-refractivity contribution is 7.98. The number of nitrogens with one attached hydrogen (secondary N) is 1. The first-order valence-corrected chi connectivity index (χ1v) is 10.5. The van der Waals surface area contributed by atoms with E-state index in [9.17, 15) is 13.2 Å². The van der Waals surface area contributed by atoms with Gasteiger partial charge in [0.2, 0.25) is 10.0 Å². The van der Waals surface area contributed by atoms with Crippen LogP contribution in [0.3, 0.4) is 0 Å². The summed E-state index contributed by atoms with van der Waals surface area (Å²) in [6, 6.07) is 8.59. The normalized spacial score (nSPS) is 11.4. The van der Waals surface area contributed by atoms with E-state index in [4.69, 9.17) is 5.14 Å². The molecule has 1 aromatic heterocycles. The molecule has 0 bridgehead atoms. The van der Waals surface area contributed by atoms with Crippen molar-refractivity contribution in [3.63, 3.8) is 0 Å². The van der Waals surface area contributed by atoms with Crippen LogP contribution < -0.4 is 10.5 Å². The predicted molar refractivity (Wildman–Crippen MR) is 95.4 cm³/mol. The van der Waals surface area contributed by atoms with Crippen LogP contribution in [0.4, 0.5) is 0 Å². The van der Waals surface area contributed by atoms with Crippen LogP contribution in [-0.2, 0) is 15.8 Å². The minimum Gasteiger partial charge on any atom is -0.351 e. The molecule has 0 fully saturated rings. The number of aryl methyl sites for hydroxylation is 1. The molecule has 0 saturated heterocycles. The van der Waals surface area contributed by atoms with E-state index in [0.29, 0.717) is 17.7 Å². The SMILES string of the molecule is Cc1ccc(C(=O)NCCSCc2cccs2)cc1S(N)(=O)=O. The van der Waals surface area contributed by atoms with E-state index in [1.165, 1.54) is 10.9 Å². The first-order valence-electron chi connectivity index (χ1n) is 6.89. The lowest BCUT2D eigenvalue weighted by Crippen LogP contribution is -2.26. The van der Waals surface area contributed by atoms with Crippen LogP contribution >= 0.6 is 23.1 Å². The van der Waals surface area contributed by atoms with Crippen LogP contribution in [-0.4, -0.2) is 26.6 Å². The Morgan fingerprint density at radius 1 is 1.35 bits per heavy atom. The average Bonchev–Trinajstić information content (AvgIpc) is 2.99. The molecule has 1 aromatic carbocycles. The van der Waals surface area contributed by atoms with Crippen molar-refractivity contribution in [3.8, 4) is 0 Å². The second kappa shape index (κ2) is 7.96. The molecule has 2 rings (SSSR count). The Kier molecular flexibility index (Phi) is 6.23. The van der Waals surface area contributed by atoms with Gasteiger partial charge in [-0.1, -0.05) is 12.1 Å². The van der Waals surface area contributed by atoms with Gasteiger partial charge in [0.05, 0.1) is 4.90 Å². The molecule has 1 heterocycles. The zero-order valence-electron chi connectivity index (χ0n) is 12.6. The molecule has 2 aromatic rings. The first-order chi connectivity index (χ1) is 10.9. The van der Waals surface area contributed by atoms with Crippen LogP contribution in [0.25, 0.3) is 0 Å². The molecule has 23 heavy (non-hydrogen) atoms. The average molecular weight is 371 g/mol. The lowest BCUT2D eigenvalue weighted by molar-refractivity contribution is 0.0956. The molecule has 0 radical (unpaired) electrons. The molecule has 5 nitrogen and oxygen atoms in total. The van der Waals surface area contributed by atoms with Crippen LogP contribution in [0.15, 0.2) is 40.6 Å². The fourth-order valence-electron chi connectivity index (χ4n) is 1.95. The van der Waals surface area contributed by atoms with Crippen molar-refractivity contribution in [3.05, 3.63) is 51.7 Å². The fourth-order valence-corrected chi connectivity index (χ4v) is 4.46. The second-order valence-electron chi connectivity index (χ2n) is 4.91. The fraction of sp³-hybridized carbons (Fsp3) is 0.267. The van der Waals surface area contributed by atoms with Crippen LogP contribution in [0.5, 0.6) is 0 Å². The van der Waals surface area contributed by atoms with E-state index >= 15 is 0 Å².